The number of carbonyl (C=O) groups is 1. The molecule has 78 valence electrons. The summed E-state index contributed by atoms with van der Waals surface area (Å²) in [6.07, 6.45) is 0.0830. The molecule has 0 saturated heterocycles. The molecule has 0 spiro atoms. The van der Waals surface area contributed by atoms with Gasteiger partial charge in [-0.25, -0.2) is 4.79 Å². The van der Waals surface area contributed by atoms with Crippen molar-refractivity contribution in [1.82, 2.24) is 0 Å². The molecule has 0 aliphatic rings. The smallest absolute Gasteiger partial charge is 0.438 e. The number of ether oxygens (including phenoxy) is 2. The van der Waals surface area contributed by atoms with E-state index in [-0.39, 0.29) is 5.73 Å². The van der Waals surface area contributed by atoms with Gasteiger partial charge in [-0.15, -0.1) is 0 Å². The largest absolute Gasteiger partial charge is 0.507 e. The van der Waals surface area contributed by atoms with Gasteiger partial charge in [0.05, 0.1) is 30.3 Å². The molecule has 0 bridgehead atoms. The highest BCUT2D eigenvalue weighted by Crippen LogP contribution is 2.02. The highest BCUT2D eigenvalue weighted by Gasteiger charge is 2.17. The Morgan fingerprint density at radius 1 is 1.46 bits per heavy atom. The topological polar surface area (TPSA) is 35.5 Å². The maximum atomic E-state index is 11.1. The Kier molecular flexibility index (Phi) is 5.57. The van der Waals surface area contributed by atoms with E-state index in [9.17, 15) is 4.79 Å². The quantitative estimate of drug-likeness (QED) is 0.487. The molecular formula is C7H20O3Si3. The first-order valence-corrected chi connectivity index (χ1v) is 11.0. The number of hydrogen-bond donors (Lipinski definition) is 0. The maximum absolute atomic E-state index is 11.1. The number of carbonyl (C=O) groups excluding carboxylic acids is 1. The van der Waals surface area contributed by atoms with E-state index in [1.54, 1.807) is 0 Å². The normalized spacial score (nSPS) is 14.1. The Labute approximate surface area is 87.0 Å². The van der Waals surface area contributed by atoms with Gasteiger partial charge in [0, 0.05) is 10.2 Å². The lowest BCUT2D eigenvalue weighted by Gasteiger charge is -2.17. The first-order valence-electron chi connectivity index (χ1n) is 4.68. The highest BCUT2D eigenvalue weighted by molar-refractivity contribution is 6.76. The zero-order valence-electron chi connectivity index (χ0n) is 9.22. The van der Waals surface area contributed by atoms with Crippen LogP contribution in [0.15, 0.2) is 0 Å². The minimum Gasteiger partial charge on any atom is -0.438 e. The van der Waals surface area contributed by atoms with Crippen molar-refractivity contribution in [3.8, 4) is 0 Å². The molecule has 0 aromatic rings. The summed E-state index contributed by atoms with van der Waals surface area (Å²) in [5, 5.41) is 0. The van der Waals surface area contributed by atoms with Gasteiger partial charge in [-0.1, -0.05) is 19.6 Å². The van der Waals surface area contributed by atoms with E-state index in [1.165, 1.54) is 0 Å². The van der Waals surface area contributed by atoms with E-state index in [0.29, 0.717) is 6.23 Å². The van der Waals surface area contributed by atoms with Crippen LogP contribution in [0.5, 0.6) is 0 Å². The fourth-order valence-corrected chi connectivity index (χ4v) is 1.47. The predicted octanol–water partition coefficient (Wildman–Crippen LogP) is -0.508. The average molecular weight is 236 g/mol. The number of rotatable bonds is 4. The average Bonchev–Trinajstić information content (AvgIpc) is 1.99. The zero-order chi connectivity index (χ0) is 10.5. The molecule has 0 aromatic heterocycles. The summed E-state index contributed by atoms with van der Waals surface area (Å²) < 4.78 is 10.1. The third-order valence-corrected chi connectivity index (χ3v) is 6.34. The van der Waals surface area contributed by atoms with Crippen LogP contribution in [0.3, 0.4) is 0 Å². The standard InChI is InChI=1S/C7H20O3Si3/c1-13(2,3)5-9-7(8)10-6(12)4-11/h6H,4-5H2,1-3,11-12H3. The Morgan fingerprint density at radius 2 is 2.00 bits per heavy atom. The Bertz CT molecular complexity index is 167. The summed E-state index contributed by atoms with van der Waals surface area (Å²) in [5.41, 5.74) is 0.154. The van der Waals surface area contributed by atoms with E-state index in [4.69, 9.17) is 9.47 Å². The highest BCUT2D eigenvalue weighted by atomic mass is 28.3. The third kappa shape index (κ3) is 8.26. The fourth-order valence-electron chi connectivity index (χ4n) is 0.557. The first kappa shape index (κ1) is 12.9. The molecule has 0 amide bonds. The van der Waals surface area contributed by atoms with Crippen LogP contribution in [-0.2, 0) is 9.47 Å². The lowest BCUT2D eigenvalue weighted by Crippen LogP contribution is -2.31. The second-order valence-electron chi connectivity index (χ2n) is 4.44. The fraction of sp³-hybridized carbons (Fsp3) is 0.857. The van der Waals surface area contributed by atoms with Crippen LogP contribution in [0, 0.1) is 0 Å². The monoisotopic (exact) mass is 236 g/mol. The minimum absolute atomic E-state index is 0.154. The van der Waals surface area contributed by atoms with Gasteiger partial charge in [0.15, 0.2) is 0 Å². The van der Waals surface area contributed by atoms with E-state index >= 15 is 0 Å². The molecule has 13 heavy (non-hydrogen) atoms. The second kappa shape index (κ2) is 5.61. The summed E-state index contributed by atoms with van der Waals surface area (Å²) in [6.45, 7) is 6.47. The van der Waals surface area contributed by atoms with Crippen LogP contribution in [0.25, 0.3) is 0 Å². The summed E-state index contributed by atoms with van der Waals surface area (Å²) in [7, 11) is 0.707. The summed E-state index contributed by atoms with van der Waals surface area (Å²) in [5.74, 6) is 0. The molecular weight excluding hydrogens is 216 g/mol. The molecule has 0 fully saturated rings. The zero-order valence-corrected chi connectivity index (χ0v) is 14.2. The van der Waals surface area contributed by atoms with Crippen molar-refractivity contribution < 1.29 is 14.3 Å². The summed E-state index contributed by atoms with van der Waals surface area (Å²) >= 11 is 0. The van der Waals surface area contributed by atoms with Gasteiger partial charge in [-0.05, 0) is 6.04 Å². The van der Waals surface area contributed by atoms with Crippen molar-refractivity contribution in [3.63, 3.8) is 0 Å². The van der Waals surface area contributed by atoms with E-state index in [1.807, 2.05) is 0 Å². The van der Waals surface area contributed by atoms with Crippen molar-refractivity contribution in [1.29, 1.82) is 0 Å². The van der Waals surface area contributed by atoms with Gasteiger partial charge in [-0.3, -0.25) is 0 Å². The second-order valence-corrected chi connectivity index (χ2v) is 12.0. The molecule has 3 nitrogen and oxygen atoms in total. The summed E-state index contributed by atoms with van der Waals surface area (Å²) in [4.78, 5) is 11.1. The van der Waals surface area contributed by atoms with E-state index < -0.39 is 14.2 Å². The van der Waals surface area contributed by atoms with Crippen LogP contribution in [0.2, 0.25) is 25.7 Å². The van der Waals surface area contributed by atoms with Gasteiger partial charge in [-0.2, -0.15) is 0 Å². The molecule has 0 heterocycles. The van der Waals surface area contributed by atoms with Crippen LogP contribution < -0.4 is 0 Å². The van der Waals surface area contributed by atoms with Crippen LogP contribution in [-0.4, -0.2) is 46.7 Å². The van der Waals surface area contributed by atoms with Crippen LogP contribution in [0.1, 0.15) is 0 Å². The first-order chi connectivity index (χ1) is 5.85. The van der Waals surface area contributed by atoms with Crippen LogP contribution in [0.4, 0.5) is 4.79 Å². The lowest BCUT2D eigenvalue weighted by molar-refractivity contribution is 0.0602. The van der Waals surface area contributed by atoms with E-state index in [2.05, 4.69) is 19.6 Å². The van der Waals surface area contributed by atoms with Gasteiger partial charge >= 0.3 is 6.16 Å². The third-order valence-electron chi connectivity index (χ3n) is 1.50. The van der Waals surface area contributed by atoms with Crippen LogP contribution >= 0.6 is 0 Å². The molecule has 0 aliphatic carbocycles. The van der Waals surface area contributed by atoms with Gasteiger partial charge in [0.25, 0.3) is 0 Å². The van der Waals surface area contributed by atoms with E-state index in [0.717, 1.165) is 26.5 Å². The van der Waals surface area contributed by atoms with Crippen molar-refractivity contribution in [3.05, 3.63) is 0 Å². The molecule has 0 N–H and O–H groups in total. The van der Waals surface area contributed by atoms with Gasteiger partial charge in [0.1, 0.15) is 0 Å². The maximum Gasteiger partial charge on any atom is 0.507 e. The molecule has 1 atom stereocenters. The molecule has 0 radical (unpaired) electrons. The van der Waals surface area contributed by atoms with Gasteiger partial charge in [0.2, 0.25) is 0 Å². The molecule has 1 unspecified atom stereocenters. The Hall–Kier alpha value is -0.0794. The molecule has 0 saturated carbocycles. The Balaban J connectivity index is 3.64. The molecule has 0 aliphatic heterocycles. The van der Waals surface area contributed by atoms with Crippen molar-refractivity contribution in [2.24, 2.45) is 0 Å². The SMILES string of the molecule is C[Si](C)(C)COC(=O)OC([SiH3])C[SiH3]. The molecule has 0 rings (SSSR count). The predicted molar refractivity (Wildman–Crippen MR) is 64.3 cm³/mol. The van der Waals surface area contributed by atoms with Crippen molar-refractivity contribution >= 4 is 34.7 Å². The van der Waals surface area contributed by atoms with Crippen molar-refractivity contribution in [2.75, 3.05) is 6.23 Å². The molecule has 6 heteroatoms. The summed E-state index contributed by atoms with van der Waals surface area (Å²) in [6, 6.07) is 1.02. The molecule has 0 aromatic carbocycles. The minimum atomic E-state index is -1.28. The van der Waals surface area contributed by atoms with Crippen molar-refractivity contribution in [2.45, 2.75) is 31.4 Å². The van der Waals surface area contributed by atoms with Gasteiger partial charge < -0.3 is 9.47 Å². The number of hydrogen-bond acceptors (Lipinski definition) is 3. The Morgan fingerprint density at radius 3 is 2.38 bits per heavy atom. The lowest BCUT2D eigenvalue weighted by atomic mass is 10.8.